The van der Waals surface area contributed by atoms with Crippen molar-refractivity contribution in [2.24, 2.45) is 0 Å². The standard InChI is InChI=1S/C13H10N2O2/c16-10-3-1-4-11(9-10)17-13-6-2-5-12-14-7-8-15(12)13/h1-9,16H. The van der Waals surface area contributed by atoms with Crippen LogP contribution < -0.4 is 4.74 Å². The summed E-state index contributed by atoms with van der Waals surface area (Å²) in [4.78, 5) is 4.17. The molecule has 0 amide bonds. The van der Waals surface area contributed by atoms with Gasteiger partial charge in [-0.05, 0) is 24.3 Å². The number of pyridine rings is 1. The Hall–Kier alpha value is -2.49. The fourth-order valence-electron chi connectivity index (χ4n) is 1.67. The molecule has 17 heavy (non-hydrogen) atoms. The molecule has 0 unspecified atom stereocenters. The second-order valence-corrected chi connectivity index (χ2v) is 3.62. The van der Waals surface area contributed by atoms with Gasteiger partial charge < -0.3 is 9.84 Å². The molecular weight excluding hydrogens is 216 g/mol. The van der Waals surface area contributed by atoms with E-state index in [1.54, 1.807) is 30.5 Å². The number of benzene rings is 1. The van der Waals surface area contributed by atoms with Crippen molar-refractivity contribution in [1.82, 2.24) is 9.38 Å². The Morgan fingerprint density at radius 2 is 2.00 bits per heavy atom. The average molecular weight is 226 g/mol. The molecule has 0 aliphatic heterocycles. The third kappa shape index (κ3) is 1.80. The summed E-state index contributed by atoms with van der Waals surface area (Å²) < 4.78 is 7.53. The first-order valence-electron chi connectivity index (χ1n) is 5.22. The number of rotatable bonds is 2. The van der Waals surface area contributed by atoms with Gasteiger partial charge in [-0.15, -0.1) is 0 Å². The van der Waals surface area contributed by atoms with Gasteiger partial charge in [0.25, 0.3) is 0 Å². The van der Waals surface area contributed by atoms with E-state index in [4.69, 9.17) is 4.74 Å². The first kappa shape index (κ1) is 9.72. The summed E-state index contributed by atoms with van der Waals surface area (Å²) in [6.45, 7) is 0. The molecule has 0 saturated heterocycles. The minimum atomic E-state index is 0.181. The van der Waals surface area contributed by atoms with Crippen molar-refractivity contribution in [3.05, 3.63) is 54.9 Å². The zero-order valence-electron chi connectivity index (χ0n) is 8.95. The van der Waals surface area contributed by atoms with Crippen molar-refractivity contribution < 1.29 is 9.84 Å². The number of fused-ring (bicyclic) bond motifs is 1. The van der Waals surface area contributed by atoms with Crippen LogP contribution in [0.25, 0.3) is 5.65 Å². The van der Waals surface area contributed by atoms with Gasteiger partial charge >= 0.3 is 0 Å². The second kappa shape index (κ2) is 3.83. The van der Waals surface area contributed by atoms with E-state index in [0.717, 1.165) is 5.65 Å². The van der Waals surface area contributed by atoms with E-state index in [0.29, 0.717) is 11.6 Å². The Labute approximate surface area is 97.7 Å². The zero-order chi connectivity index (χ0) is 11.7. The summed E-state index contributed by atoms with van der Waals surface area (Å²) >= 11 is 0. The maximum absolute atomic E-state index is 9.37. The van der Waals surface area contributed by atoms with Gasteiger partial charge in [0.05, 0.1) is 0 Å². The maximum atomic E-state index is 9.37. The Balaban J connectivity index is 2.02. The summed E-state index contributed by atoms with van der Waals surface area (Å²) in [7, 11) is 0. The van der Waals surface area contributed by atoms with Gasteiger partial charge in [0.15, 0.2) is 0 Å². The Kier molecular flexibility index (Phi) is 2.19. The molecule has 0 bridgehead atoms. The highest BCUT2D eigenvalue weighted by Crippen LogP contribution is 2.24. The number of hydrogen-bond donors (Lipinski definition) is 1. The van der Waals surface area contributed by atoms with Crippen LogP contribution in [0.15, 0.2) is 54.9 Å². The summed E-state index contributed by atoms with van der Waals surface area (Å²) in [6, 6.07) is 12.3. The van der Waals surface area contributed by atoms with Crippen molar-refractivity contribution in [1.29, 1.82) is 0 Å². The SMILES string of the molecule is Oc1cccc(Oc2cccc3nccn23)c1. The van der Waals surface area contributed by atoms with E-state index in [-0.39, 0.29) is 5.75 Å². The van der Waals surface area contributed by atoms with Crippen LogP contribution in [-0.2, 0) is 0 Å². The molecule has 0 aliphatic rings. The minimum absolute atomic E-state index is 0.181. The molecule has 0 atom stereocenters. The summed E-state index contributed by atoms with van der Waals surface area (Å²) in [5, 5.41) is 9.37. The molecule has 0 aliphatic carbocycles. The molecular formula is C13H10N2O2. The molecule has 0 saturated carbocycles. The molecule has 3 aromatic rings. The highest BCUT2D eigenvalue weighted by atomic mass is 16.5. The number of phenolic OH excluding ortho intramolecular Hbond substituents is 1. The predicted octanol–water partition coefficient (Wildman–Crippen LogP) is 2.83. The van der Waals surface area contributed by atoms with Crippen LogP contribution in [0.4, 0.5) is 0 Å². The van der Waals surface area contributed by atoms with E-state index in [9.17, 15) is 5.11 Å². The van der Waals surface area contributed by atoms with E-state index >= 15 is 0 Å². The van der Waals surface area contributed by atoms with Crippen LogP contribution in [0.2, 0.25) is 0 Å². The van der Waals surface area contributed by atoms with E-state index in [1.165, 1.54) is 0 Å². The van der Waals surface area contributed by atoms with Gasteiger partial charge in [-0.1, -0.05) is 12.1 Å². The van der Waals surface area contributed by atoms with Gasteiger partial charge in [-0.2, -0.15) is 0 Å². The summed E-state index contributed by atoms with van der Waals surface area (Å²) in [5.41, 5.74) is 0.822. The molecule has 0 fully saturated rings. The van der Waals surface area contributed by atoms with Crippen molar-refractivity contribution in [2.45, 2.75) is 0 Å². The highest BCUT2D eigenvalue weighted by molar-refractivity contribution is 5.43. The largest absolute Gasteiger partial charge is 0.508 e. The van der Waals surface area contributed by atoms with Crippen molar-refractivity contribution in [2.75, 3.05) is 0 Å². The van der Waals surface area contributed by atoms with Crippen molar-refractivity contribution >= 4 is 5.65 Å². The lowest BCUT2D eigenvalue weighted by molar-refractivity contribution is 0.441. The number of phenols is 1. The average Bonchev–Trinajstić information content (AvgIpc) is 2.78. The molecule has 2 aromatic heterocycles. The monoisotopic (exact) mass is 226 g/mol. The van der Waals surface area contributed by atoms with Crippen LogP contribution in [0.1, 0.15) is 0 Å². The van der Waals surface area contributed by atoms with Gasteiger partial charge in [0.1, 0.15) is 17.1 Å². The lowest BCUT2D eigenvalue weighted by atomic mass is 10.3. The quantitative estimate of drug-likeness (QED) is 0.730. The van der Waals surface area contributed by atoms with Crippen LogP contribution in [0, 0.1) is 0 Å². The van der Waals surface area contributed by atoms with Crippen molar-refractivity contribution in [3.8, 4) is 17.4 Å². The van der Waals surface area contributed by atoms with E-state index in [2.05, 4.69) is 4.98 Å². The number of nitrogens with zero attached hydrogens (tertiary/aromatic N) is 2. The summed E-state index contributed by atoms with van der Waals surface area (Å²) in [6.07, 6.45) is 3.54. The fraction of sp³-hybridized carbons (Fsp3) is 0. The van der Waals surface area contributed by atoms with Crippen LogP contribution >= 0.6 is 0 Å². The normalized spacial score (nSPS) is 10.6. The second-order valence-electron chi connectivity index (χ2n) is 3.62. The van der Waals surface area contributed by atoms with E-state index < -0.39 is 0 Å². The molecule has 2 heterocycles. The molecule has 3 rings (SSSR count). The first-order chi connectivity index (χ1) is 8.33. The number of ether oxygens (including phenoxy) is 1. The number of imidazole rings is 1. The maximum Gasteiger partial charge on any atom is 0.205 e. The van der Waals surface area contributed by atoms with Crippen molar-refractivity contribution in [3.63, 3.8) is 0 Å². The number of aromatic hydroxyl groups is 1. The molecule has 0 spiro atoms. The molecule has 1 aromatic carbocycles. The Morgan fingerprint density at radius 3 is 2.88 bits per heavy atom. The Bertz CT molecular complexity index is 661. The summed E-state index contributed by atoms with van der Waals surface area (Å²) in [5.74, 6) is 1.43. The highest BCUT2D eigenvalue weighted by Gasteiger charge is 2.03. The number of aromatic nitrogens is 2. The van der Waals surface area contributed by atoms with Gasteiger partial charge in [0.2, 0.25) is 5.88 Å². The fourth-order valence-corrected chi connectivity index (χ4v) is 1.67. The smallest absolute Gasteiger partial charge is 0.205 e. The first-order valence-corrected chi connectivity index (χ1v) is 5.22. The van der Waals surface area contributed by atoms with Gasteiger partial charge in [0, 0.05) is 18.5 Å². The predicted molar refractivity (Wildman–Crippen MR) is 63.4 cm³/mol. The topological polar surface area (TPSA) is 46.8 Å². The lowest BCUT2D eigenvalue weighted by Gasteiger charge is -2.07. The van der Waals surface area contributed by atoms with Gasteiger partial charge in [-0.25, -0.2) is 4.98 Å². The lowest BCUT2D eigenvalue weighted by Crippen LogP contribution is -1.92. The zero-order valence-corrected chi connectivity index (χ0v) is 8.95. The molecule has 0 radical (unpaired) electrons. The third-order valence-corrected chi connectivity index (χ3v) is 2.43. The molecule has 4 heteroatoms. The van der Waals surface area contributed by atoms with Crippen LogP contribution in [0.5, 0.6) is 17.4 Å². The molecule has 4 nitrogen and oxygen atoms in total. The molecule has 84 valence electrons. The number of hydrogen-bond acceptors (Lipinski definition) is 3. The van der Waals surface area contributed by atoms with Gasteiger partial charge in [-0.3, -0.25) is 4.40 Å². The molecule has 1 N–H and O–H groups in total. The minimum Gasteiger partial charge on any atom is -0.508 e. The van der Waals surface area contributed by atoms with E-state index in [1.807, 2.05) is 28.8 Å². The van der Waals surface area contributed by atoms with Crippen LogP contribution in [-0.4, -0.2) is 14.5 Å². The Morgan fingerprint density at radius 1 is 1.12 bits per heavy atom. The van der Waals surface area contributed by atoms with Crippen LogP contribution in [0.3, 0.4) is 0 Å². The third-order valence-electron chi connectivity index (χ3n) is 2.43.